The van der Waals surface area contributed by atoms with Gasteiger partial charge in [-0.3, -0.25) is 9.78 Å². The molecule has 0 saturated carbocycles. The Hall–Kier alpha value is -3.74. The predicted molar refractivity (Wildman–Crippen MR) is 107 cm³/mol. The minimum atomic E-state index is -5.06. The fourth-order valence-corrected chi connectivity index (χ4v) is 3.16. The van der Waals surface area contributed by atoms with E-state index in [-0.39, 0.29) is 22.4 Å². The lowest BCUT2D eigenvalue weighted by Gasteiger charge is -2.18. The molecule has 0 aliphatic heterocycles. The Morgan fingerprint density at radius 3 is 2.29 bits per heavy atom. The van der Waals surface area contributed by atoms with E-state index in [1.165, 1.54) is 6.92 Å². The van der Waals surface area contributed by atoms with Gasteiger partial charge in [-0.15, -0.1) is 0 Å². The molecule has 6 nitrogen and oxygen atoms in total. The van der Waals surface area contributed by atoms with E-state index < -0.39 is 52.2 Å². The van der Waals surface area contributed by atoms with E-state index in [0.29, 0.717) is 12.3 Å². The lowest BCUT2D eigenvalue weighted by Crippen LogP contribution is -2.38. The van der Waals surface area contributed by atoms with Crippen molar-refractivity contribution in [2.24, 2.45) is 0 Å². The van der Waals surface area contributed by atoms with Crippen molar-refractivity contribution in [2.75, 3.05) is 0 Å². The highest BCUT2D eigenvalue weighted by Crippen LogP contribution is 2.35. The van der Waals surface area contributed by atoms with E-state index in [9.17, 15) is 45.8 Å². The molecule has 1 unspecified atom stereocenters. The molecule has 3 rings (SSSR count). The molecular weight excluding hydrogens is 487 g/mol. The topological polar surface area (TPSA) is 89.2 Å². The van der Waals surface area contributed by atoms with Crippen LogP contribution in [0.2, 0.25) is 0 Å². The number of nitrogens with zero attached hydrogens (tertiary/aromatic N) is 2. The van der Waals surface area contributed by atoms with Gasteiger partial charge in [-0.1, -0.05) is 0 Å². The maximum Gasteiger partial charge on any atom is 0.478 e. The van der Waals surface area contributed by atoms with Crippen LogP contribution in [0.5, 0.6) is 0 Å². The third kappa shape index (κ3) is 6.04. The number of carbonyl (C=O) groups is 1. The van der Waals surface area contributed by atoms with Gasteiger partial charge in [0.1, 0.15) is 5.82 Å². The molecule has 13 heteroatoms. The number of hydrogen-bond acceptors (Lipinski definition) is 4. The minimum absolute atomic E-state index is 0.00624. The molecule has 0 radical (unpaired) electrons. The minimum Gasteiger partial charge on any atom is -0.618 e. The van der Waals surface area contributed by atoms with Gasteiger partial charge in [-0.05, 0) is 48.9 Å². The van der Waals surface area contributed by atoms with Crippen LogP contribution >= 0.6 is 0 Å². The van der Waals surface area contributed by atoms with Crippen molar-refractivity contribution in [3.8, 4) is 11.3 Å². The molecular formula is C22H16F7N3O3. The van der Waals surface area contributed by atoms with Crippen LogP contribution in [-0.2, 0) is 6.18 Å². The van der Waals surface area contributed by atoms with Gasteiger partial charge in [0.25, 0.3) is 11.6 Å². The lowest BCUT2D eigenvalue weighted by molar-refractivity contribution is -0.629. The number of pyridine rings is 2. The second kappa shape index (κ2) is 9.49. The number of aromatic nitrogens is 2. The molecule has 2 atom stereocenters. The number of rotatable bonds is 5. The van der Waals surface area contributed by atoms with Crippen molar-refractivity contribution in [1.29, 1.82) is 0 Å². The van der Waals surface area contributed by atoms with Crippen LogP contribution in [0.3, 0.4) is 0 Å². The number of halogens is 7. The Bertz CT molecular complexity index is 1230. The highest BCUT2D eigenvalue weighted by Gasteiger charge is 2.40. The summed E-state index contributed by atoms with van der Waals surface area (Å²) in [6.07, 6.45) is -11.5. The Balaban J connectivity index is 1.95. The van der Waals surface area contributed by atoms with Gasteiger partial charge in [0.05, 0.1) is 17.9 Å². The van der Waals surface area contributed by atoms with Crippen LogP contribution in [0.25, 0.3) is 11.3 Å². The summed E-state index contributed by atoms with van der Waals surface area (Å²) in [4.78, 5) is 16.5. The molecule has 3 aromatic rings. The first-order chi connectivity index (χ1) is 16.2. The largest absolute Gasteiger partial charge is 0.618 e. The summed E-state index contributed by atoms with van der Waals surface area (Å²) < 4.78 is 90.5. The first-order valence-corrected chi connectivity index (χ1v) is 9.79. The lowest BCUT2D eigenvalue weighted by atomic mass is 9.98. The van der Waals surface area contributed by atoms with E-state index in [2.05, 4.69) is 10.3 Å². The predicted octanol–water partition coefficient (Wildman–Crippen LogP) is 4.63. The number of nitrogens with one attached hydrogen (secondary N) is 1. The number of amides is 1. The van der Waals surface area contributed by atoms with E-state index in [1.807, 2.05) is 0 Å². The fraction of sp³-hybridized carbons (Fsp3) is 0.227. The van der Waals surface area contributed by atoms with Crippen LogP contribution in [0, 0.1) is 11.0 Å². The first-order valence-electron chi connectivity index (χ1n) is 9.79. The SMILES string of the molecule is C[C@@H](NC(=O)c1cc(-c2ccc(F)cn2)cc(C(O)C(F)(F)F)c1)c1ccc(C(F)(F)F)[n+]([O-])c1. The van der Waals surface area contributed by atoms with E-state index in [4.69, 9.17) is 0 Å². The number of aliphatic hydroxyl groups excluding tert-OH is 1. The first kappa shape index (κ1) is 25.9. The van der Waals surface area contributed by atoms with Crippen LogP contribution < -0.4 is 10.0 Å². The van der Waals surface area contributed by atoms with Gasteiger partial charge in [-0.2, -0.15) is 31.1 Å². The second-order valence-corrected chi connectivity index (χ2v) is 7.52. The summed E-state index contributed by atoms with van der Waals surface area (Å²) in [5.74, 6) is -1.66. The Morgan fingerprint density at radius 1 is 1.06 bits per heavy atom. The molecule has 2 N–H and O–H groups in total. The van der Waals surface area contributed by atoms with Crippen molar-refractivity contribution in [3.63, 3.8) is 0 Å². The Labute approximate surface area is 193 Å². The van der Waals surface area contributed by atoms with Gasteiger partial charge in [0, 0.05) is 22.8 Å². The average Bonchev–Trinajstić information content (AvgIpc) is 2.77. The zero-order chi connectivity index (χ0) is 26.1. The quantitative estimate of drug-likeness (QED) is 0.302. The van der Waals surface area contributed by atoms with E-state index in [1.54, 1.807) is 0 Å². The van der Waals surface area contributed by atoms with Crippen LogP contribution in [-0.4, -0.2) is 22.2 Å². The summed E-state index contributed by atoms with van der Waals surface area (Å²) >= 11 is 0. The zero-order valence-corrected chi connectivity index (χ0v) is 17.7. The molecule has 35 heavy (non-hydrogen) atoms. The third-order valence-electron chi connectivity index (χ3n) is 4.94. The Kier molecular flexibility index (Phi) is 7.01. The fourth-order valence-electron chi connectivity index (χ4n) is 3.16. The molecule has 0 bridgehead atoms. The van der Waals surface area contributed by atoms with Crippen molar-refractivity contribution in [3.05, 3.63) is 88.3 Å². The van der Waals surface area contributed by atoms with Crippen LogP contribution in [0.15, 0.2) is 54.9 Å². The van der Waals surface area contributed by atoms with Crippen molar-refractivity contribution >= 4 is 5.91 Å². The maximum atomic E-state index is 13.2. The van der Waals surface area contributed by atoms with Crippen LogP contribution in [0.4, 0.5) is 30.7 Å². The number of benzene rings is 1. The van der Waals surface area contributed by atoms with Gasteiger partial charge < -0.3 is 15.6 Å². The molecule has 186 valence electrons. The number of aliphatic hydroxyl groups is 1. The zero-order valence-electron chi connectivity index (χ0n) is 17.7. The number of alkyl halides is 6. The highest BCUT2D eigenvalue weighted by atomic mass is 19.4. The molecule has 0 aliphatic carbocycles. The molecule has 0 aliphatic rings. The third-order valence-corrected chi connectivity index (χ3v) is 4.94. The monoisotopic (exact) mass is 503 g/mol. The molecule has 0 spiro atoms. The molecule has 2 aromatic heterocycles. The summed E-state index contributed by atoms with van der Waals surface area (Å²) in [7, 11) is 0. The summed E-state index contributed by atoms with van der Waals surface area (Å²) in [6, 6.07) is 5.52. The normalized spacial score (nSPS) is 13.9. The van der Waals surface area contributed by atoms with Crippen molar-refractivity contribution in [2.45, 2.75) is 31.4 Å². The molecule has 0 fully saturated rings. The van der Waals surface area contributed by atoms with Gasteiger partial charge in [0.15, 0.2) is 12.3 Å². The Morgan fingerprint density at radius 2 is 1.74 bits per heavy atom. The van der Waals surface area contributed by atoms with Crippen LogP contribution in [0.1, 0.15) is 46.2 Å². The van der Waals surface area contributed by atoms with E-state index in [0.717, 1.165) is 42.6 Å². The van der Waals surface area contributed by atoms with E-state index >= 15 is 0 Å². The maximum absolute atomic E-state index is 13.2. The second-order valence-electron chi connectivity index (χ2n) is 7.52. The van der Waals surface area contributed by atoms with Crippen molar-refractivity contribution in [1.82, 2.24) is 10.3 Å². The summed E-state index contributed by atoms with van der Waals surface area (Å²) in [5, 5.41) is 23.8. The number of carbonyl (C=O) groups excluding carboxylic acids is 1. The molecule has 2 heterocycles. The summed E-state index contributed by atoms with van der Waals surface area (Å²) in [5.41, 5.74) is -2.53. The molecule has 0 saturated heterocycles. The molecule has 1 aromatic carbocycles. The number of hydrogen-bond donors (Lipinski definition) is 2. The van der Waals surface area contributed by atoms with Gasteiger partial charge >= 0.3 is 12.4 Å². The molecule has 1 amide bonds. The van der Waals surface area contributed by atoms with Crippen molar-refractivity contribution < 1.29 is 45.4 Å². The highest BCUT2D eigenvalue weighted by molar-refractivity contribution is 5.96. The standard InChI is InChI=1S/C22H16F7N3O3/c1-11(12-2-5-18(21(24,25)26)32(35)10-12)31-20(34)15-7-13(17-4-3-16(23)9-30-17)6-14(8-15)19(33)22(27,28)29/h2-11,19,33H,1H3,(H,31,34)/t11-,19?/m1/s1. The summed E-state index contributed by atoms with van der Waals surface area (Å²) in [6.45, 7) is 1.34. The van der Waals surface area contributed by atoms with Gasteiger partial charge in [0.2, 0.25) is 0 Å². The van der Waals surface area contributed by atoms with Gasteiger partial charge in [-0.25, -0.2) is 4.39 Å². The smallest absolute Gasteiger partial charge is 0.478 e. The average molecular weight is 503 g/mol.